The van der Waals surface area contributed by atoms with Crippen molar-refractivity contribution in [3.8, 4) is 0 Å². The van der Waals surface area contributed by atoms with Gasteiger partial charge in [0.15, 0.2) is 0 Å². The van der Waals surface area contributed by atoms with Crippen LogP contribution < -0.4 is 9.80 Å². The zero-order chi connectivity index (χ0) is 13.8. The number of hydrogen-bond donors (Lipinski definition) is 1. The van der Waals surface area contributed by atoms with Crippen LogP contribution in [0.5, 0.6) is 0 Å². The molecule has 6 heteroatoms. The smallest absolute Gasteiger partial charge is 0.303 e. The monoisotopic (exact) mass is 264 g/mol. The molecule has 2 heterocycles. The first-order valence-corrected chi connectivity index (χ1v) is 6.53. The van der Waals surface area contributed by atoms with E-state index in [2.05, 4.69) is 14.9 Å². The molecule has 1 aliphatic heterocycles. The van der Waals surface area contributed by atoms with E-state index in [4.69, 9.17) is 5.11 Å². The first-order valence-electron chi connectivity index (χ1n) is 6.53. The highest BCUT2D eigenvalue weighted by atomic mass is 16.4. The van der Waals surface area contributed by atoms with E-state index >= 15 is 0 Å². The Labute approximate surface area is 113 Å². The minimum atomic E-state index is -0.719. The molecule has 1 fully saturated rings. The lowest BCUT2D eigenvalue weighted by Crippen LogP contribution is -2.37. The summed E-state index contributed by atoms with van der Waals surface area (Å²) >= 11 is 0. The van der Waals surface area contributed by atoms with Gasteiger partial charge in [0, 0.05) is 39.8 Å². The first kappa shape index (κ1) is 13.6. The van der Waals surface area contributed by atoms with E-state index in [1.54, 1.807) is 6.20 Å². The van der Waals surface area contributed by atoms with E-state index in [9.17, 15) is 4.79 Å². The SMILES string of the molecule is CN(C)c1nccc(N2CCCC(CC(=O)O)C2)n1. The molecule has 0 aliphatic carbocycles. The molecule has 0 aromatic carbocycles. The molecule has 1 aliphatic rings. The van der Waals surface area contributed by atoms with Crippen molar-refractivity contribution in [2.45, 2.75) is 19.3 Å². The average Bonchev–Trinajstić information content (AvgIpc) is 2.38. The fourth-order valence-corrected chi connectivity index (χ4v) is 2.42. The third-order valence-corrected chi connectivity index (χ3v) is 3.33. The second kappa shape index (κ2) is 5.86. The highest BCUT2D eigenvalue weighted by Crippen LogP contribution is 2.24. The maximum Gasteiger partial charge on any atom is 0.303 e. The van der Waals surface area contributed by atoms with Gasteiger partial charge in [0.1, 0.15) is 5.82 Å². The van der Waals surface area contributed by atoms with Crippen LogP contribution >= 0.6 is 0 Å². The topological polar surface area (TPSA) is 69.6 Å². The number of carboxylic acid groups (broad SMARTS) is 1. The van der Waals surface area contributed by atoms with Crippen molar-refractivity contribution < 1.29 is 9.90 Å². The van der Waals surface area contributed by atoms with Crippen LogP contribution in [0.15, 0.2) is 12.3 Å². The fraction of sp³-hybridized carbons (Fsp3) is 0.615. The number of rotatable bonds is 4. The van der Waals surface area contributed by atoms with E-state index in [-0.39, 0.29) is 12.3 Å². The number of piperidine rings is 1. The van der Waals surface area contributed by atoms with Crippen molar-refractivity contribution >= 4 is 17.7 Å². The van der Waals surface area contributed by atoms with E-state index < -0.39 is 5.97 Å². The van der Waals surface area contributed by atoms with Gasteiger partial charge in [-0.2, -0.15) is 4.98 Å². The van der Waals surface area contributed by atoms with Crippen molar-refractivity contribution in [1.29, 1.82) is 0 Å². The van der Waals surface area contributed by atoms with Crippen LogP contribution in [-0.2, 0) is 4.79 Å². The molecule has 1 atom stereocenters. The largest absolute Gasteiger partial charge is 0.481 e. The normalized spacial score (nSPS) is 19.3. The zero-order valence-corrected chi connectivity index (χ0v) is 11.4. The Morgan fingerprint density at radius 2 is 2.37 bits per heavy atom. The molecule has 1 aromatic heterocycles. The van der Waals surface area contributed by atoms with Crippen molar-refractivity contribution in [3.63, 3.8) is 0 Å². The average molecular weight is 264 g/mol. The molecule has 1 saturated heterocycles. The standard InChI is InChI=1S/C13H20N4O2/c1-16(2)13-14-6-5-11(15-13)17-7-3-4-10(9-17)8-12(18)19/h5-6,10H,3-4,7-9H2,1-2H3,(H,18,19). The van der Waals surface area contributed by atoms with Gasteiger partial charge in [0.2, 0.25) is 5.95 Å². The number of carboxylic acids is 1. The minimum Gasteiger partial charge on any atom is -0.481 e. The summed E-state index contributed by atoms with van der Waals surface area (Å²) in [6, 6.07) is 1.89. The van der Waals surface area contributed by atoms with Crippen LogP contribution in [-0.4, -0.2) is 48.2 Å². The molecule has 6 nitrogen and oxygen atoms in total. The molecule has 0 radical (unpaired) electrons. The Balaban J connectivity index is 2.08. The number of nitrogens with zero attached hydrogens (tertiary/aromatic N) is 4. The van der Waals surface area contributed by atoms with Gasteiger partial charge in [-0.3, -0.25) is 4.79 Å². The van der Waals surface area contributed by atoms with Crippen LogP contribution in [0, 0.1) is 5.92 Å². The van der Waals surface area contributed by atoms with Crippen LogP contribution in [0.25, 0.3) is 0 Å². The van der Waals surface area contributed by atoms with E-state index in [1.165, 1.54) is 0 Å². The van der Waals surface area contributed by atoms with E-state index in [0.29, 0.717) is 5.95 Å². The number of aromatic nitrogens is 2. The van der Waals surface area contributed by atoms with Crippen molar-refractivity contribution in [2.24, 2.45) is 5.92 Å². The lowest BCUT2D eigenvalue weighted by Gasteiger charge is -2.33. The summed E-state index contributed by atoms with van der Waals surface area (Å²) in [6.07, 6.45) is 3.98. The third-order valence-electron chi connectivity index (χ3n) is 3.33. The van der Waals surface area contributed by atoms with Crippen LogP contribution in [0.2, 0.25) is 0 Å². The molecule has 19 heavy (non-hydrogen) atoms. The maximum atomic E-state index is 10.8. The first-order chi connectivity index (χ1) is 9.06. The summed E-state index contributed by atoms with van der Waals surface area (Å²) in [5, 5.41) is 8.89. The number of hydrogen-bond acceptors (Lipinski definition) is 5. The predicted octanol–water partition coefficient (Wildman–Crippen LogP) is 1.23. The summed E-state index contributed by atoms with van der Waals surface area (Å²) < 4.78 is 0. The molecule has 1 unspecified atom stereocenters. The second-order valence-corrected chi connectivity index (χ2v) is 5.16. The van der Waals surface area contributed by atoms with Gasteiger partial charge in [0.05, 0.1) is 0 Å². The van der Waals surface area contributed by atoms with Crippen molar-refractivity contribution in [2.75, 3.05) is 37.0 Å². The summed E-state index contributed by atoms with van der Waals surface area (Å²) in [5.41, 5.74) is 0. The molecule has 0 spiro atoms. The Morgan fingerprint density at radius 1 is 1.58 bits per heavy atom. The van der Waals surface area contributed by atoms with E-state index in [1.807, 2.05) is 25.1 Å². The maximum absolute atomic E-state index is 10.8. The van der Waals surface area contributed by atoms with Gasteiger partial charge in [-0.1, -0.05) is 0 Å². The molecular weight excluding hydrogens is 244 g/mol. The number of carbonyl (C=O) groups is 1. The summed E-state index contributed by atoms with van der Waals surface area (Å²) in [4.78, 5) is 23.5. The van der Waals surface area contributed by atoms with Crippen LogP contribution in [0.4, 0.5) is 11.8 Å². The number of aliphatic carboxylic acids is 1. The molecular formula is C13H20N4O2. The fourth-order valence-electron chi connectivity index (χ4n) is 2.42. The zero-order valence-electron chi connectivity index (χ0n) is 11.4. The molecule has 2 rings (SSSR count). The van der Waals surface area contributed by atoms with Crippen molar-refractivity contribution in [3.05, 3.63) is 12.3 Å². The van der Waals surface area contributed by atoms with Gasteiger partial charge in [0.25, 0.3) is 0 Å². The van der Waals surface area contributed by atoms with Gasteiger partial charge >= 0.3 is 5.97 Å². The Kier molecular flexibility index (Phi) is 4.19. The lowest BCUT2D eigenvalue weighted by atomic mass is 9.95. The van der Waals surface area contributed by atoms with Gasteiger partial charge in [-0.25, -0.2) is 4.98 Å². The molecule has 0 amide bonds. The van der Waals surface area contributed by atoms with Gasteiger partial charge in [-0.15, -0.1) is 0 Å². The summed E-state index contributed by atoms with van der Waals surface area (Å²) in [7, 11) is 3.81. The van der Waals surface area contributed by atoms with Gasteiger partial charge in [-0.05, 0) is 24.8 Å². The highest BCUT2D eigenvalue weighted by Gasteiger charge is 2.23. The summed E-state index contributed by atoms with van der Waals surface area (Å²) in [5.74, 6) is 1.05. The third kappa shape index (κ3) is 3.56. The lowest BCUT2D eigenvalue weighted by molar-refractivity contribution is -0.138. The van der Waals surface area contributed by atoms with E-state index in [0.717, 1.165) is 31.7 Å². The predicted molar refractivity (Wildman–Crippen MR) is 73.5 cm³/mol. The molecule has 0 bridgehead atoms. The highest BCUT2D eigenvalue weighted by molar-refractivity contribution is 5.67. The van der Waals surface area contributed by atoms with Crippen LogP contribution in [0.3, 0.4) is 0 Å². The molecule has 1 aromatic rings. The molecule has 1 N–H and O–H groups in total. The molecule has 0 saturated carbocycles. The Bertz CT molecular complexity index is 450. The van der Waals surface area contributed by atoms with Crippen LogP contribution in [0.1, 0.15) is 19.3 Å². The quantitative estimate of drug-likeness (QED) is 0.882. The Hall–Kier alpha value is -1.85. The van der Waals surface area contributed by atoms with Crippen molar-refractivity contribution in [1.82, 2.24) is 9.97 Å². The Morgan fingerprint density at radius 3 is 3.05 bits per heavy atom. The number of anilines is 2. The van der Waals surface area contributed by atoms with Gasteiger partial charge < -0.3 is 14.9 Å². The summed E-state index contributed by atoms with van der Waals surface area (Å²) in [6.45, 7) is 1.69. The second-order valence-electron chi connectivity index (χ2n) is 5.16. The molecule has 104 valence electrons. The minimum absolute atomic E-state index is 0.212.